The number of rotatable bonds is 7. The molecule has 0 aliphatic heterocycles. The van der Waals surface area contributed by atoms with Gasteiger partial charge in [0.15, 0.2) is 5.78 Å². The summed E-state index contributed by atoms with van der Waals surface area (Å²) in [4.78, 5) is 25.5. The van der Waals surface area contributed by atoms with Gasteiger partial charge in [0.25, 0.3) is 0 Å². The molecule has 0 saturated carbocycles. The first kappa shape index (κ1) is 21.8. The number of ketones is 1. The number of carbonyl (C=O) groups is 2. The van der Waals surface area contributed by atoms with Crippen LogP contribution in [0.15, 0.2) is 60.7 Å². The van der Waals surface area contributed by atoms with Gasteiger partial charge >= 0.3 is 5.97 Å². The predicted octanol–water partition coefficient (Wildman–Crippen LogP) is 6.42. The van der Waals surface area contributed by atoms with E-state index >= 15 is 0 Å². The molecule has 0 aliphatic carbocycles. The molecule has 1 heterocycles. The van der Waals surface area contributed by atoms with Gasteiger partial charge in [-0.05, 0) is 41.0 Å². The molecule has 0 saturated heterocycles. The highest BCUT2D eigenvalue weighted by Gasteiger charge is 2.24. The first-order valence-corrected chi connectivity index (χ1v) is 11.2. The van der Waals surface area contributed by atoms with Crippen LogP contribution in [0.4, 0.5) is 0 Å². The van der Waals surface area contributed by atoms with Crippen molar-refractivity contribution >= 4 is 33.4 Å². The van der Waals surface area contributed by atoms with E-state index in [4.69, 9.17) is 4.74 Å². The quantitative estimate of drug-likeness (QED) is 0.252. The third-order valence-corrected chi connectivity index (χ3v) is 6.01. The van der Waals surface area contributed by atoms with E-state index in [1.54, 1.807) is 6.07 Å². The number of hydrogen-bond donors (Lipinski definition) is 0. The molecule has 4 nitrogen and oxygen atoms in total. The van der Waals surface area contributed by atoms with Crippen LogP contribution >= 0.6 is 0 Å². The molecule has 0 amide bonds. The van der Waals surface area contributed by atoms with E-state index in [1.807, 2.05) is 38.1 Å². The fourth-order valence-electron chi connectivity index (χ4n) is 4.41. The van der Waals surface area contributed by atoms with Gasteiger partial charge in [-0.15, -0.1) is 0 Å². The van der Waals surface area contributed by atoms with Gasteiger partial charge < -0.3 is 9.30 Å². The molecule has 0 atom stereocenters. The van der Waals surface area contributed by atoms with Gasteiger partial charge in [0.2, 0.25) is 0 Å². The maximum absolute atomic E-state index is 13.3. The van der Waals surface area contributed by atoms with E-state index in [-0.39, 0.29) is 17.7 Å². The summed E-state index contributed by atoms with van der Waals surface area (Å²) in [5.74, 6) is -0.341. The summed E-state index contributed by atoms with van der Waals surface area (Å²) in [5.41, 5.74) is 4.37. The first-order chi connectivity index (χ1) is 15.4. The highest BCUT2D eigenvalue weighted by atomic mass is 16.5. The van der Waals surface area contributed by atoms with Crippen molar-refractivity contribution < 1.29 is 14.3 Å². The standard InChI is InChI=1S/C28H29NO3/c1-5-8-24-26(27(30)18(2)3)23-14-13-22(28(31)32-4)16-25(23)29(24)17-19-11-12-20-9-6-7-10-21(20)15-19/h6-7,9-16,18H,5,8,17H2,1-4H3. The molecule has 0 aliphatic rings. The highest BCUT2D eigenvalue weighted by Crippen LogP contribution is 2.32. The van der Waals surface area contributed by atoms with Crippen LogP contribution in [0.1, 0.15) is 59.2 Å². The zero-order valence-corrected chi connectivity index (χ0v) is 19.1. The average molecular weight is 428 g/mol. The van der Waals surface area contributed by atoms with Crippen molar-refractivity contribution in [3.8, 4) is 0 Å². The second-order valence-electron chi connectivity index (χ2n) is 8.58. The Kier molecular flexibility index (Phi) is 6.13. The average Bonchev–Trinajstić information content (AvgIpc) is 3.10. The minimum atomic E-state index is -0.376. The minimum Gasteiger partial charge on any atom is -0.465 e. The van der Waals surface area contributed by atoms with Crippen molar-refractivity contribution in [2.75, 3.05) is 7.11 Å². The first-order valence-electron chi connectivity index (χ1n) is 11.2. The lowest BCUT2D eigenvalue weighted by atomic mass is 9.96. The van der Waals surface area contributed by atoms with Crippen molar-refractivity contribution in [1.29, 1.82) is 0 Å². The van der Waals surface area contributed by atoms with Crippen LogP contribution in [0.5, 0.6) is 0 Å². The molecule has 0 radical (unpaired) electrons. The smallest absolute Gasteiger partial charge is 0.337 e. The normalized spacial score (nSPS) is 11.4. The third-order valence-electron chi connectivity index (χ3n) is 6.01. The van der Waals surface area contributed by atoms with Crippen molar-refractivity contribution in [3.05, 3.63) is 83.0 Å². The summed E-state index contributed by atoms with van der Waals surface area (Å²) < 4.78 is 7.16. The number of methoxy groups -OCH3 is 1. The molecule has 3 aromatic carbocycles. The predicted molar refractivity (Wildman–Crippen MR) is 129 cm³/mol. The fourth-order valence-corrected chi connectivity index (χ4v) is 4.41. The van der Waals surface area contributed by atoms with Gasteiger partial charge in [-0.1, -0.05) is 69.7 Å². The Balaban J connectivity index is 1.95. The number of fused-ring (bicyclic) bond motifs is 2. The number of hydrogen-bond acceptors (Lipinski definition) is 3. The summed E-state index contributed by atoms with van der Waals surface area (Å²) in [5, 5.41) is 3.29. The molecule has 0 spiro atoms. The summed E-state index contributed by atoms with van der Waals surface area (Å²) >= 11 is 0. The van der Waals surface area contributed by atoms with Crippen LogP contribution < -0.4 is 0 Å². The summed E-state index contributed by atoms with van der Waals surface area (Å²) in [6.45, 7) is 6.63. The van der Waals surface area contributed by atoms with Gasteiger partial charge in [0.05, 0.1) is 18.2 Å². The largest absolute Gasteiger partial charge is 0.465 e. The van der Waals surface area contributed by atoms with Crippen molar-refractivity contribution in [2.45, 2.75) is 40.2 Å². The summed E-state index contributed by atoms with van der Waals surface area (Å²) in [6, 6.07) is 20.3. The Morgan fingerprint density at radius 1 is 0.969 bits per heavy atom. The van der Waals surface area contributed by atoms with Gasteiger partial charge in [-0.2, -0.15) is 0 Å². The zero-order chi connectivity index (χ0) is 22.8. The van der Waals surface area contributed by atoms with Crippen LogP contribution in [-0.2, 0) is 17.7 Å². The fraction of sp³-hybridized carbons (Fsp3) is 0.286. The van der Waals surface area contributed by atoms with E-state index in [0.29, 0.717) is 12.1 Å². The number of Topliss-reactive ketones (excluding diaryl/α,β-unsaturated/α-hetero) is 1. The molecular formula is C28H29NO3. The monoisotopic (exact) mass is 427 g/mol. The number of nitrogens with zero attached hydrogens (tertiary/aromatic N) is 1. The van der Waals surface area contributed by atoms with Gasteiger partial charge in [-0.3, -0.25) is 4.79 Å². The van der Waals surface area contributed by atoms with Crippen molar-refractivity contribution in [1.82, 2.24) is 4.57 Å². The Hall–Kier alpha value is -3.40. The van der Waals surface area contributed by atoms with E-state index in [9.17, 15) is 9.59 Å². The molecule has 0 unspecified atom stereocenters. The maximum atomic E-state index is 13.3. The van der Waals surface area contributed by atoms with Gasteiger partial charge in [0, 0.05) is 29.1 Å². The molecule has 4 heteroatoms. The molecule has 1 aromatic heterocycles. The number of ether oxygens (including phenoxy) is 1. The summed E-state index contributed by atoms with van der Waals surface area (Å²) in [7, 11) is 1.39. The molecule has 32 heavy (non-hydrogen) atoms. The minimum absolute atomic E-state index is 0.106. The maximum Gasteiger partial charge on any atom is 0.337 e. The number of esters is 1. The lowest BCUT2D eigenvalue weighted by Crippen LogP contribution is -2.12. The Bertz CT molecular complexity index is 1310. The molecule has 4 rings (SSSR count). The number of carbonyl (C=O) groups excluding carboxylic acids is 2. The van der Waals surface area contributed by atoms with Gasteiger partial charge in [-0.25, -0.2) is 4.79 Å². The van der Waals surface area contributed by atoms with Crippen LogP contribution in [0.2, 0.25) is 0 Å². The van der Waals surface area contributed by atoms with Crippen LogP contribution in [0, 0.1) is 5.92 Å². The Morgan fingerprint density at radius 3 is 2.41 bits per heavy atom. The Labute approximate surface area is 188 Å². The van der Waals surface area contributed by atoms with Crippen LogP contribution in [0.25, 0.3) is 21.7 Å². The van der Waals surface area contributed by atoms with E-state index < -0.39 is 0 Å². The SMILES string of the molecule is CCCc1c(C(=O)C(C)C)c2ccc(C(=O)OC)cc2n1Cc1ccc2ccccc2c1. The summed E-state index contributed by atoms with van der Waals surface area (Å²) in [6.07, 6.45) is 1.72. The zero-order valence-electron chi connectivity index (χ0n) is 19.1. The van der Waals surface area contributed by atoms with Crippen molar-refractivity contribution in [2.24, 2.45) is 5.92 Å². The molecular weight excluding hydrogens is 398 g/mol. The van der Waals surface area contributed by atoms with E-state index in [0.717, 1.165) is 40.6 Å². The second kappa shape index (κ2) is 8.99. The van der Waals surface area contributed by atoms with E-state index in [1.165, 1.54) is 17.9 Å². The molecule has 0 fully saturated rings. The van der Waals surface area contributed by atoms with Crippen LogP contribution in [-0.4, -0.2) is 23.4 Å². The molecule has 164 valence electrons. The number of benzene rings is 3. The third kappa shape index (κ3) is 3.93. The lowest BCUT2D eigenvalue weighted by molar-refractivity contribution is 0.0600. The second-order valence-corrected chi connectivity index (χ2v) is 8.58. The molecule has 4 aromatic rings. The van der Waals surface area contributed by atoms with E-state index in [2.05, 4.69) is 41.8 Å². The van der Waals surface area contributed by atoms with Crippen LogP contribution in [0.3, 0.4) is 0 Å². The lowest BCUT2D eigenvalue weighted by Gasteiger charge is -2.13. The molecule has 0 N–H and O–H groups in total. The highest BCUT2D eigenvalue weighted by molar-refractivity contribution is 6.11. The number of aromatic nitrogens is 1. The van der Waals surface area contributed by atoms with Gasteiger partial charge in [0.1, 0.15) is 0 Å². The Morgan fingerprint density at radius 2 is 1.72 bits per heavy atom. The molecule has 0 bridgehead atoms. The topological polar surface area (TPSA) is 48.3 Å². The van der Waals surface area contributed by atoms with Crippen molar-refractivity contribution in [3.63, 3.8) is 0 Å².